The molecule has 3 heteroatoms. The van der Waals surface area contributed by atoms with Gasteiger partial charge in [0.1, 0.15) is 5.75 Å². The molecule has 0 unspecified atom stereocenters. The molecule has 0 aliphatic heterocycles. The maximum Gasteiger partial charge on any atom is 0.258 e. The van der Waals surface area contributed by atoms with E-state index in [0.717, 1.165) is 24.2 Å². The van der Waals surface area contributed by atoms with Gasteiger partial charge in [-0.1, -0.05) is 36.4 Å². The van der Waals surface area contributed by atoms with Crippen LogP contribution < -0.4 is 10.1 Å². The van der Waals surface area contributed by atoms with Crippen LogP contribution in [0.15, 0.2) is 48.5 Å². The van der Waals surface area contributed by atoms with E-state index in [4.69, 9.17) is 4.74 Å². The largest absolute Gasteiger partial charge is 0.484 e. The number of rotatable bonds is 4. The van der Waals surface area contributed by atoms with E-state index in [0.29, 0.717) is 0 Å². The van der Waals surface area contributed by atoms with Gasteiger partial charge in [0.15, 0.2) is 6.61 Å². The first-order valence-corrected chi connectivity index (χ1v) is 7.29. The molecule has 2 aromatic rings. The fourth-order valence-electron chi connectivity index (χ4n) is 2.80. The van der Waals surface area contributed by atoms with Crippen molar-refractivity contribution in [1.82, 2.24) is 5.32 Å². The smallest absolute Gasteiger partial charge is 0.258 e. The van der Waals surface area contributed by atoms with Crippen molar-refractivity contribution in [2.45, 2.75) is 25.8 Å². The third-order valence-electron chi connectivity index (χ3n) is 3.83. The third kappa shape index (κ3) is 3.24. The second kappa shape index (κ2) is 6.00. The molecular formula is C18H19NO2. The van der Waals surface area contributed by atoms with Crippen molar-refractivity contribution in [3.05, 3.63) is 65.2 Å². The number of amides is 1. The average Bonchev–Trinajstić information content (AvgIpc) is 2.89. The molecule has 0 saturated heterocycles. The Bertz CT molecular complexity index is 651. The summed E-state index contributed by atoms with van der Waals surface area (Å²) in [5.74, 6) is 0.662. The van der Waals surface area contributed by atoms with E-state index in [1.54, 1.807) is 0 Å². The molecule has 0 radical (unpaired) electrons. The van der Waals surface area contributed by atoms with Crippen LogP contribution in [-0.2, 0) is 11.2 Å². The molecule has 0 heterocycles. The first-order chi connectivity index (χ1) is 10.2. The molecule has 0 spiro atoms. The fraction of sp³-hybridized carbons (Fsp3) is 0.278. The van der Waals surface area contributed by atoms with Crippen LogP contribution in [0.2, 0.25) is 0 Å². The Balaban J connectivity index is 1.56. The third-order valence-corrected chi connectivity index (χ3v) is 3.83. The van der Waals surface area contributed by atoms with Crippen molar-refractivity contribution in [2.75, 3.05) is 6.61 Å². The molecular weight excluding hydrogens is 262 g/mol. The Morgan fingerprint density at radius 2 is 2.10 bits per heavy atom. The maximum absolute atomic E-state index is 12.0. The fourth-order valence-corrected chi connectivity index (χ4v) is 2.80. The SMILES string of the molecule is Cc1cccc(OCC(=O)N[C@@H]2CCc3ccccc32)c1. The van der Waals surface area contributed by atoms with Crippen molar-refractivity contribution in [3.63, 3.8) is 0 Å². The second-order valence-corrected chi connectivity index (χ2v) is 5.46. The molecule has 1 aliphatic carbocycles. The lowest BCUT2D eigenvalue weighted by atomic mass is 10.1. The lowest BCUT2D eigenvalue weighted by molar-refractivity contribution is -0.123. The van der Waals surface area contributed by atoms with E-state index in [2.05, 4.69) is 17.4 Å². The quantitative estimate of drug-likeness (QED) is 0.934. The van der Waals surface area contributed by atoms with Crippen LogP contribution in [0.3, 0.4) is 0 Å². The maximum atomic E-state index is 12.0. The van der Waals surface area contributed by atoms with E-state index in [1.807, 2.05) is 43.3 Å². The molecule has 1 aliphatic rings. The molecule has 1 atom stereocenters. The molecule has 3 nitrogen and oxygen atoms in total. The monoisotopic (exact) mass is 281 g/mol. The zero-order valence-corrected chi connectivity index (χ0v) is 12.1. The molecule has 0 fully saturated rings. The van der Waals surface area contributed by atoms with E-state index < -0.39 is 0 Å². The summed E-state index contributed by atoms with van der Waals surface area (Å²) in [6.07, 6.45) is 2.00. The summed E-state index contributed by atoms with van der Waals surface area (Å²) in [6.45, 7) is 2.06. The summed E-state index contributed by atoms with van der Waals surface area (Å²) in [4.78, 5) is 12.0. The minimum Gasteiger partial charge on any atom is -0.484 e. The summed E-state index contributed by atoms with van der Waals surface area (Å²) in [6, 6.07) is 16.1. The van der Waals surface area contributed by atoms with Crippen molar-refractivity contribution >= 4 is 5.91 Å². The van der Waals surface area contributed by atoms with Crippen LogP contribution in [-0.4, -0.2) is 12.5 Å². The van der Waals surface area contributed by atoms with Gasteiger partial charge in [-0.2, -0.15) is 0 Å². The predicted octanol–water partition coefficient (Wildman–Crippen LogP) is 3.18. The number of aryl methyl sites for hydroxylation is 2. The van der Waals surface area contributed by atoms with Gasteiger partial charge in [0.05, 0.1) is 6.04 Å². The Labute approximate surface area is 124 Å². The van der Waals surface area contributed by atoms with Crippen molar-refractivity contribution in [1.29, 1.82) is 0 Å². The van der Waals surface area contributed by atoms with Crippen LogP contribution in [0.25, 0.3) is 0 Å². The molecule has 0 aromatic heterocycles. The molecule has 3 rings (SSSR count). The molecule has 1 N–H and O–H groups in total. The number of carbonyl (C=O) groups is 1. The Morgan fingerprint density at radius 1 is 1.24 bits per heavy atom. The molecule has 2 aromatic carbocycles. The highest BCUT2D eigenvalue weighted by Gasteiger charge is 2.23. The lowest BCUT2D eigenvalue weighted by Crippen LogP contribution is -2.31. The Morgan fingerprint density at radius 3 is 2.95 bits per heavy atom. The van der Waals surface area contributed by atoms with Crippen LogP contribution in [0.1, 0.15) is 29.2 Å². The van der Waals surface area contributed by atoms with Gasteiger partial charge >= 0.3 is 0 Å². The van der Waals surface area contributed by atoms with Gasteiger partial charge in [0.25, 0.3) is 5.91 Å². The van der Waals surface area contributed by atoms with Gasteiger partial charge in [-0.05, 0) is 48.6 Å². The van der Waals surface area contributed by atoms with Crippen LogP contribution in [0.5, 0.6) is 5.75 Å². The number of hydrogen-bond donors (Lipinski definition) is 1. The van der Waals surface area contributed by atoms with E-state index in [1.165, 1.54) is 11.1 Å². The zero-order valence-electron chi connectivity index (χ0n) is 12.1. The number of carbonyl (C=O) groups excluding carboxylic acids is 1. The lowest BCUT2D eigenvalue weighted by Gasteiger charge is -2.14. The second-order valence-electron chi connectivity index (χ2n) is 5.46. The van der Waals surface area contributed by atoms with E-state index in [9.17, 15) is 4.79 Å². The minimum absolute atomic E-state index is 0.0577. The standard InChI is InChI=1S/C18H19NO2/c1-13-5-4-7-15(11-13)21-12-18(20)19-17-10-9-14-6-2-3-8-16(14)17/h2-8,11,17H,9-10,12H2,1H3,(H,19,20)/t17-/m1/s1. The Kier molecular flexibility index (Phi) is 3.91. The minimum atomic E-state index is -0.0711. The summed E-state index contributed by atoms with van der Waals surface area (Å²) in [7, 11) is 0. The molecule has 108 valence electrons. The predicted molar refractivity (Wildman–Crippen MR) is 82.3 cm³/mol. The zero-order chi connectivity index (χ0) is 14.7. The molecule has 1 amide bonds. The van der Waals surface area contributed by atoms with Gasteiger partial charge < -0.3 is 10.1 Å². The highest BCUT2D eigenvalue weighted by molar-refractivity contribution is 5.78. The van der Waals surface area contributed by atoms with Gasteiger partial charge in [-0.25, -0.2) is 0 Å². The van der Waals surface area contributed by atoms with E-state index >= 15 is 0 Å². The normalized spacial score (nSPS) is 16.3. The van der Waals surface area contributed by atoms with Crippen LogP contribution >= 0.6 is 0 Å². The molecule has 21 heavy (non-hydrogen) atoms. The van der Waals surface area contributed by atoms with E-state index in [-0.39, 0.29) is 18.6 Å². The van der Waals surface area contributed by atoms with Gasteiger partial charge in [0, 0.05) is 0 Å². The highest BCUT2D eigenvalue weighted by Crippen LogP contribution is 2.30. The summed E-state index contributed by atoms with van der Waals surface area (Å²) >= 11 is 0. The first-order valence-electron chi connectivity index (χ1n) is 7.29. The average molecular weight is 281 g/mol. The summed E-state index contributed by atoms with van der Waals surface area (Å²) < 4.78 is 5.53. The van der Waals surface area contributed by atoms with Crippen molar-refractivity contribution < 1.29 is 9.53 Å². The summed E-state index contributed by atoms with van der Waals surface area (Å²) in [5.41, 5.74) is 3.70. The number of nitrogens with one attached hydrogen (secondary N) is 1. The highest BCUT2D eigenvalue weighted by atomic mass is 16.5. The Hall–Kier alpha value is -2.29. The van der Waals surface area contributed by atoms with Crippen LogP contribution in [0.4, 0.5) is 0 Å². The molecule has 0 saturated carbocycles. The summed E-state index contributed by atoms with van der Waals surface area (Å²) in [5, 5.41) is 3.06. The van der Waals surface area contributed by atoms with Gasteiger partial charge in [-0.3, -0.25) is 4.79 Å². The van der Waals surface area contributed by atoms with Gasteiger partial charge in [0.2, 0.25) is 0 Å². The number of fused-ring (bicyclic) bond motifs is 1. The molecule has 0 bridgehead atoms. The number of ether oxygens (including phenoxy) is 1. The van der Waals surface area contributed by atoms with Crippen LogP contribution in [0, 0.1) is 6.92 Å². The number of benzene rings is 2. The van der Waals surface area contributed by atoms with Crippen molar-refractivity contribution in [3.8, 4) is 5.75 Å². The van der Waals surface area contributed by atoms with Gasteiger partial charge in [-0.15, -0.1) is 0 Å². The first kappa shape index (κ1) is 13.7. The van der Waals surface area contributed by atoms with Crippen molar-refractivity contribution in [2.24, 2.45) is 0 Å². The topological polar surface area (TPSA) is 38.3 Å². The number of hydrogen-bond acceptors (Lipinski definition) is 2.